The number of rotatable bonds is 2. The predicted molar refractivity (Wildman–Crippen MR) is 47.2 cm³/mol. The van der Waals surface area contributed by atoms with E-state index in [4.69, 9.17) is 7.85 Å². The Morgan fingerprint density at radius 1 is 1.55 bits per heavy atom. The average Bonchev–Trinajstić information content (AvgIpc) is 2.04. The quantitative estimate of drug-likeness (QED) is 0.684. The Balaban J connectivity index is 2.90. The monoisotopic (exact) mass is 150 g/mol. The van der Waals surface area contributed by atoms with Gasteiger partial charge in [0.05, 0.1) is 9.30 Å². The van der Waals surface area contributed by atoms with Crippen molar-refractivity contribution in [2.45, 2.75) is 6.92 Å². The van der Waals surface area contributed by atoms with E-state index in [0.717, 1.165) is 5.56 Å². The Hall–Kier alpha value is -1.08. The fourth-order valence-corrected chi connectivity index (χ4v) is 0.832. The maximum Gasteiger partial charge on any atom is 0.0642 e. The zero-order chi connectivity index (χ0) is 9.90. The normalized spacial score (nSPS) is 15.6. The van der Waals surface area contributed by atoms with Gasteiger partial charge in [0, 0.05) is 0 Å². The van der Waals surface area contributed by atoms with Crippen LogP contribution in [-0.4, -0.2) is 11.7 Å². The van der Waals surface area contributed by atoms with E-state index in [-0.39, 0.29) is 0 Å². The van der Waals surface area contributed by atoms with Crippen LogP contribution in [0, 0.1) is 0 Å². The number of benzene rings is 1. The highest BCUT2D eigenvalue weighted by Crippen LogP contribution is 2.04. The Morgan fingerprint density at radius 3 is 2.73 bits per heavy atom. The SMILES string of the molecule is [2H]C([2H])(O)/C(C)=C/c1ccccc1. The van der Waals surface area contributed by atoms with Gasteiger partial charge in [-0.05, 0) is 18.1 Å². The van der Waals surface area contributed by atoms with Crippen LogP contribution in [0.4, 0.5) is 0 Å². The molecule has 0 atom stereocenters. The largest absolute Gasteiger partial charge is 0.392 e. The Kier molecular flexibility index (Phi) is 1.99. The zero-order valence-electron chi connectivity index (χ0n) is 8.41. The second-order valence-corrected chi connectivity index (χ2v) is 2.35. The number of hydrogen-bond acceptors (Lipinski definition) is 1. The van der Waals surface area contributed by atoms with Gasteiger partial charge in [-0.3, -0.25) is 0 Å². The molecule has 0 radical (unpaired) electrons. The van der Waals surface area contributed by atoms with Gasteiger partial charge in [0.2, 0.25) is 0 Å². The summed E-state index contributed by atoms with van der Waals surface area (Å²) in [6.07, 6.45) is 1.62. The van der Waals surface area contributed by atoms with E-state index < -0.39 is 6.56 Å². The molecule has 1 aromatic carbocycles. The lowest BCUT2D eigenvalue weighted by molar-refractivity contribution is 0.332. The van der Waals surface area contributed by atoms with E-state index in [2.05, 4.69) is 0 Å². The van der Waals surface area contributed by atoms with Crippen LogP contribution < -0.4 is 0 Å². The van der Waals surface area contributed by atoms with Crippen LogP contribution in [0.3, 0.4) is 0 Å². The highest BCUT2D eigenvalue weighted by Gasteiger charge is 1.86. The molecule has 1 aromatic rings. The molecular weight excluding hydrogens is 136 g/mol. The fourth-order valence-electron chi connectivity index (χ4n) is 0.832. The van der Waals surface area contributed by atoms with Crippen molar-refractivity contribution in [1.29, 1.82) is 0 Å². The van der Waals surface area contributed by atoms with Gasteiger partial charge in [0.1, 0.15) is 0 Å². The lowest BCUT2D eigenvalue weighted by atomic mass is 10.1. The lowest BCUT2D eigenvalue weighted by Gasteiger charge is -1.94. The second-order valence-electron chi connectivity index (χ2n) is 2.35. The fraction of sp³-hybridized carbons (Fsp3) is 0.200. The van der Waals surface area contributed by atoms with Gasteiger partial charge in [-0.1, -0.05) is 36.4 Å². The zero-order valence-corrected chi connectivity index (χ0v) is 6.41. The maximum absolute atomic E-state index is 9.01. The molecule has 11 heavy (non-hydrogen) atoms. The first-order chi connectivity index (χ1) is 6.00. The third kappa shape index (κ3) is 2.56. The van der Waals surface area contributed by atoms with Crippen molar-refractivity contribution in [3.8, 4) is 0 Å². The van der Waals surface area contributed by atoms with E-state index in [9.17, 15) is 0 Å². The third-order valence-electron chi connectivity index (χ3n) is 1.36. The summed E-state index contributed by atoms with van der Waals surface area (Å²) < 4.78 is 14.1. The number of aliphatic hydroxyl groups is 1. The first-order valence-corrected chi connectivity index (χ1v) is 3.46. The van der Waals surface area contributed by atoms with Crippen molar-refractivity contribution in [2.75, 3.05) is 6.56 Å². The molecule has 0 heterocycles. The topological polar surface area (TPSA) is 20.2 Å². The number of hydrogen-bond donors (Lipinski definition) is 1. The molecule has 1 heteroatoms. The van der Waals surface area contributed by atoms with Crippen molar-refractivity contribution in [3.63, 3.8) is 0 Å². The van der Waals surface area contributed by atoms with Gasteiger partial charge in [0.15, 0.2) is 0 Å². The molecule has 0 saturated heterocycles. The van der Waals surface area contributed by atoms with Crippen molar-refractivity contribution >= 4 is 6.08 Å². The molecule has 0 bridgehead atoms. The molecular formula is C10H12O. The first-order valence-electron chi connectivity index (χ1n) is 4.46. The minimum atomic E-state index is -2.23. The highest BCUT2D eigenvalue weighted by atomic mass is 16.3. The smallest absolute Gasteiger partial charge is 0.0642 e. The van der Waals surface area contributed by atoms with Crippen molar-refractivity contribution < 1.29 is 7.85 Å². The van der Waals surface area contributed by atoms with Crippen LogP contribution in [0.1, 0.15) is 15.2 Å². The second kappa shape index (κ2) is 3.94. The third-order valence-corrected chi connectivity index (χ3v) is 1.36. The van der Waals surface area contributed by atoms with Crippen LogP contribution in [0.5, 0.6) is 0 Å². The summed E-state index contributed by atoms with van der Waals surface area (Å²) in [5, 5.41) is 9.01. The molecule has 0 aliphatic rings. The molecule has 0 spiro atoms. The van der Waals surface area contributed by atoms with Crippen molar-refractivity contribution in [2.24, 2.45) is 0 Å². The predicted octanol–water partition coefficient (Wildman–Crippen LogP) is 2.08. The summed E-state index contributed by atoms with van der Waals surface area (Å²) in [5.41, 5.74) is 1.19. The minimum Gasteiger partial charge on any atom is -0.392 e. The van der Waals surface area contributed by atoms with Crippen LogP contribution >= 0.6 is 0 Å². The van der Waals surface area contributed by atoms with Crippen LogP contribution in [0.15, 0.2) is 35.9 Å². The van der Waals surface area contributed by atoms with Crippen LogP contribution in [-0.2, 0) is 0 Å². The molecule has 0 saturated carbocycles. The van der Waals surface area contributed by atoms with E-state index >= 15 is 0 Å². The lowest BCUT2D eigenvalue weighted by Crippen LogP contribution is -1.82. The Morgan fingerprint density at radius 2 is 2.18 bits per heavy atom. The molecule has 0 aromatic heterocycles. The van der Waals surface area contributed by atoms with Crippen LogP contribution in [0.25, 0.3) is 6.08 Å². The average molecular weight is 150 g/mol. The van der Waals surface area contributed by atoms with Gasteiger partial charge in [-0.15, -0.1) is 0 Å². The standard InChI is InChI=1S/C10H12O/c1-9(8-11)7-10-5-3-2-4-6-10/h2-7,11H,8H2,1H3/b9-7+/i8D2. The van der Waals surface area contributed by atoms with E-state index in [1.807, 2.05) is 30.3 Å². The molecule has 0 amide bonds. The molecule has 58 valence electrons. The van der Waals surface area contributed by atoms with E-state index in [0.29, 0.717) is 5.57 Å². The van der Waals surface area contributed by atoms with Gasteiger partial charge in [-0.2, -0.15) is 0 Å². The summed E-state index contributed by atoms with van der Waals surface area (Å²) >= 11 is 0. The summed E-state index contributed by atoms with van der Waals surface area (Å²) in [6, 6.07) is 9.34. The molecule has 1 nitrogen and oxygen atoms in total. The Labute approximate surface area is 69.8 Å². The summed E-state index contributed by atoms with van der Waals surface area (Å²) in [7, 11) is 0. The molecule has 0 fully saturated rings. The maximum atomic E-state index is 9.01. The Bertz CT molecular complexity index is 298. The molecule has 0 aliphatic heterocycles. The molecule has 0 unspecified atom stereocenters. The van der Waals surface area contributed by atoms with Gasteiger partial charge in [0.25, 0.3) is 0 Å². The molecule has 0 aliphatic carbocycles. The minimum absolute atomic E-state index is 0.304. The molecule has 1 rings (SSSR count). The van der Waals surface area contributed by atoms with E-state index in [1.54, 1.807) is 13.0 Å². The van der Waals surface area contributed by atoms with Crippen molar-refractivity contribution in [3.05, 3.63) is 41.5 Å². The van der Waals surface area contributed by atoms with Gasteiger partial charge >= 0.3 is 0 Å². The van der Waals surface area contributed by atoms with Gasteiger partial charge in [-0.25, -0.2) is 0 Å². The highest BCUT2D eigenvalue weighted by molar-refractivity contribution is 5.51. The summed E-state index contributed by atoms with van der Waals surface area (Å²) in [5.74, 6) is 0. The molecule has 1 N–H and O–H groups in total. The van der Waals surface area contributed by atoms with E-state index in [1.165, 1.54) is 0 Å². The van der Waals surface area contributed by atoms with Crippen molar-refractivity contribution in [1.82, 2.24) is 0 Å². The summed E-state index contributed by atoms with van der Waals surface area (Å²) in [6.45, 7) is -0.664. The first kappa shape index (κ1) is 5.56. The van der Waals surface area contributed by atoms with Crippen LogP contribution in [0.2, 0.25) is 0 Å². The van der Waals surface area contributed by atoms with Gasteiger partial charge < -0.3 is 5.11 Å². The summed E-state index contributed by atoms with van der Waals surface area (Å²) in [4.78, 5) is 0.